The number of hydrogen-bond acceptors (Lipinski definition) is 4. The van der Waals surface area contributed by atoms with Gasteiger partial charge >= 0.3 is 0 Å². The molecule has 2 rings (SSSR count). The Labute approximate surface area is 138 Å². The Bertz CT molecular complexity index is 421. The van der Waals surface area contributed by atoms with E-state index in [-0.39, 0.29) is 30.9 Å². The van der Waals surface area contributed by atoms with Crippen LogP contribution in [-0.4, -0.2) is 71.2 Å². The first-order valence-corrected chi connectivity index (χ1v) is 8.81. The number of likely N-dealkylation sites (tertiary alicyclic amines) is 2. The molecule has 0 aliphatic carbocycles. The second kappa shape index (κ2) is 8.11. The summed E-state index contributed by atoms with van der Waals surface area (Å²) in [7, 11) is 0. The lowest BCUT2D eigenvalue weighted by atomic mass is 9.91. The molecule has 6 nitrogen and oxygen atoms in total. The topological polar surface area (TPSA) is 70.1 Å². The Morgan fingerprint density at radius 1 is 1.26 bits per heavy atom. The number of carbonyl (C=O) groups is 2. The molecule has 0 aromatic rings. The summed E-state index contributed by atoms with van der Waals surface area (Å²) >= 11 is 0. The van der Waals surface area contributed by atoms with Gasteiger partial charge in [0, 0.05) is 33.2 Å². The van der Waals surface area contributed by atoms with E-state index in [1.165, 1.54) is 6.92 Å². The Balaban J connectivity index is 1.90. The van der Waals surface area contributed by atoms with Crippen LogP contribution in [0.15, 0.2) is 0 Å². The van der Waals surface area contributed by atoms with Crippen LogP contribution < -0.4 is 0 Å². The molecule has 2 amide bonds. The smallest absolute Gasteiger partial charge is 0.225 e. The van der Waals surface area contributed by atoms with Crippen LogP contribution in [-0.2, 0) is 14.3 Å². The highest BCUT2D eigenvalue weighted by Crippen LogP contribution is 2.33. The summed E-state index contributed by atoms with van der Waals surface area (Å²) in [4.78, 5) is 28.0. The number of amides is 2. The fourth-order valence-electron chi connectivity index (χ4n) is 3.78. The standard InChI is InChI=1S/C17H30N2O4/c1-3-11-23-15-5-9-18(10-6-15)16(22)12-17(13-20)7-4-8-19(17)14(2)21/h15,20H,3-13H2,1-2H3/t17-/m0/s1. The van der Waals surface area contributed by atoms with E-state index in [1.807, 2.05) is 4.90 Å². The first-order chi connectivity index (χ1) is 11.0. The van der Waals surface area contributed by atoms with E-state index in [4.69, 9.17) is 4.74 Å². The number of rotatable bonds is 6. The van der Waals surface area contributed by atoms with Crippen LogP contribution in [0.3, 0.4) is 0 Å². The molecular formula is C17H30N2O4. The third-order valence-electron chi connectivity index (χ3n) is 5.10. The number of piperidine rings is 1. The first kappa shape index (κ1) is 18.2. The first-order valence-electron chi connectivity index (χ1n) is 8.81. The van der Waals surface area contributed by atoms with Gasteiger partial charge in [-0.25, -0.2) is 0 Å². The predicted octanol–water partition coefficient (Wildman–Crippen LogP) is 1.17. The van der Waals surface area contributed by atoms with Crippen molar-refractivity contribution in [2.24, 2.45) is 0 Å². The summed E-state index contributed by atoms with van der Waals surface area (Å²) in [5.74, 6) is -0.0165. The van der Waals surface area contributed by atoms with Gasteiger partial charge in [-0.15, -0.1) is 0 Å². The minimum absolute atomic E-state index is 0.0427. The normalized spacial score (nSPS) is 25.9. The Morgan fingerprint density at radius 3 is 2.52 bits per heavy atom. The van der Waals surface area contributed by atoms with Crippen molar-refractivity contribution in [1.82, 2.24) is 9.80 Å². The van der Waals surface area contributed by atoms with Crippen LogP contribution in [0.5, 0.6) is 0 Å². The molecule has 0 aromatic heterocycles. The van der Waals surface area contributed by atoms with Gasteiger partial charge in [0.05, 0.1) is 24.7 Å². The minimum Gasteiger partial charge on any atom is -0.394 e. The maximum Gasteiger partial charge on any atom is 0.225 e. The monoisotopic (exact) mass is 326 g/mol. The molecule has 6 heteroatoms. The van der Waals surface area contributed by atoms with Gasteiger partial charge in [0.1, 0.15) is 0 Å². The van der Waals surface area contributed by atoms with Crippen LogP contribution in [0.2, 0.25) is 0 Å². The highest BCUT2D eigenvalue weighted by Gasteiger charge is 2.44. The van der Waals surface area contributed by atoms with Gasteiger partial charge in [-0.3, -0.25) is 9.59 Å². The largest absolute Gasteiger partial charge is 0.394 e. The van der Waals surface area contributed by atoms with E-state index >= 15 is 0 Å². The molecule has 2 heterocycles. The SMILES string of the molecule is CCCOC1CCN(C(=O)C[C@]2(CO)CCCN2C(C)=O)CC1. The van der Waals surface area contributed by atoms with Gasteiger partial charge in [0.25, 0.3) is 0 Å². The van der Waals surface area contributed by atoms with E-state index < -0.39 is 5.54 Å². The van der Waals surface area contributed by atoms with E-state index in [0.717, 1.165) is 32.3 Å². The zero-order chi connectivity index (χ0) is 16.9. The summed E-state index contributed by atoms with van der Waals surface area (Å²) in [5, 5.41) is 9.84. The summed E-state index contributed by atoms with van der Waals surface area (Å²) in [5.41, 5.74) is -0.696. The molecule has 0 unspecified atom stereocenters. The average molecular weight is 326 g/mol. The lowest BCUT2D eigenvalue weighted by Crippen LogP contribution is -2.53. The number of hydrogen-bond donors (Lipinski definition) is 1. The fourth-order valence-corrected chi connectivity index (χ4v) is 3.78. The molecule has 1 N–H and O–H groups in total. The minimum atomic E-state index is -0.696. The summed E-state index contributed by atoms with van der Waals surface area (Å²) in [6, 6.07) is 0. The Hall–Kier alpha value is -1.14. The van der Waals surface area contributed by atoms with Gasteiger partial charge in [-0.05, 0) is 32.1 Å². The van der Waals surface area contributed by atoms with Gasteiger partial charge < -0.3 is 19.6 Å². The quantitative estimate of drug-likeness (QED) is 0.795. The Morgan fingerprint density at radius 2 is 1.96 bits per heavy atom. The number of ether oxygens (including phenoxy) is 1. The Kier molecular flexibility index (Phi) is 6.41. The van der Waals surface area contributed by atoms with Crippen LogP contribution in [0, 0.1) is 0 Å². The van der Waals surface area contributed by atoms with Crippen molar-refractivity contribution in [3.63, 3.8) is 0 Å². The van der Waals surface area contributed by atoms with Crippen molar-refractivity contribution in [3.8, 4) is 0 Å². The van der Waals surface area contributed by atoms with Crippen LogP contribution in [0.25, 0.3) is 0 Å². The molecule has 2 aliphatic rings. The lowest BCUT2D eigenvalue weighted by Gasteiger charge is -2.39. The van der Waals surface area contributed by atoms with Crippen LogP contribution in [0.1, 0.15) is 52.4 Å². The van der Waals surface area contributed by atoms with Gasteiger partial charge in [0.2, 0.25) is 11.8 Å². The second-order valence-electron chi connectivity index (χ2n) is 6.78. The summed E-state index contributed by atoms with van der Waals surface area (Å²) < 4.78 is 5.75. The molecule has 0 spiro atoms. The van der Waals surface area contributed by atoms with E-state index in [9.17, 15) is 14.7 Å². The van der Waals surface area contributed by atoms with Gasteiger partial charge in [0.15, 0.2) is 0 Å². The van der Waals surface area contributed by atoms with Crippen molar-refractivity contribution in [1.29, 1.82) is 0 Å². The number of aliphatic hydroxyl groups excluding tert-OH is 1. The number of aliphatic hydroxyl groups is 1. The summed E-state index contributed by atoms with van der Waals surface area (Å²) in [6.07, 6.45) is 4.78. The molecule has 1 atom stereocenters. The molecule has 23 heavy (non-hydrogen) atoms. The lowest BCUT2D eigenvalue weighted by molar-refractivity contribution is -0.142. The highest BCUT2D eigenvalue weighted by molar-refractivity contribution is 5.80. The molecule has 0 aromatic carbocycles. The van der Waals surface area contributed by atoms with Crippen molar-refractivity contribution >= 4 is 11.8 Å². The molecule has 0 saturated carbocycles. The van der Waals surface area contributed by atoms with Crippen molar-refractivity contribution in [2.75, 3.05) is 32.8 Å². The van der Waals surface area contributed by atoms with Crippen molar-refractivity contribution in [2.45, 2.75) is 64.0 Å². The zero-order valence-corrected chi connectivity index (χ0v) is 14.4. The van der Waals surface area contributed by atoms with Crippen molar-refractivity contribution in [3.05, 3.63) is 0 Å². The van der Waals surface area contributed by atoms with E-state index in [2.05, 4.69) is 6.92 Å². The maximum atomic E-state index is 12.6. The van der Waals surface area contributed by atoms with Gasteiger partial charge in [-0.2, -0.15) is 0 Å². The molecular weight excluding hydrogens is 296 g/mol. The average Bonchev–Trinajstić information content (AvgIpc) is 2.97. The van der Waals surface area contributed by atoms with E-state index in [0.29, 0.717) is 26.1 Å². The second-order valence-corrected chi connectivity index (χ2v) is 6.78. The molecule has 0 radical (unpaired) electrons. The van der Waals surface area contributed by atoms with Gasteiger partial charge in [-0.1, -0.05) is 6.92 Å². The fraction of sp³-hybridized carbons (Fsp3) is 0.882. The molecule has 132 valence electrons. The molecule has 2 aliphatic heterocycles. The molecule has 2 fully saturated rings. The summed E-state index contributed by atoms with van der Waals surface area (Å²) in [6.45, 7) is 6.28. The molecule has 2 saturated heterocycles. The number of carbonyl (C=O) groups excluding carboxylic acids is 2. The van der Waals surface area contributed by atoms with Crippen molar-refractivity contribution < 1.29 is 19.4 Å². The highest BCUT2D eigenvalue weighted by atomic mass is 16.5. The number of nitrogens with zero attached hydrogens (tertiary/aromatic N) is 2. The molecule has 0 bridgehead atoms. The third kappa shape index (κ3) is 4.23. The van der Waals surface area contributed by atoms with Crippen LogP contribution >= 0.6 is 0 Å². The predicted molar refractivity (Wildman–Crippen MR) is 86.9 cm³/mol. The van der Waals surface area contributed by atoms with Crippen LogP contribution in [0.4, 0.5) is 0 Å². The van der Waals surface area contributed by atoms with E-state index in [1.54, 1.807) is 4.90 Å². The third-order valence-corrected chi connectivity index (χ3v) is 5.10. The zero-order valence-electron chi connectivity index (χ0n) is 14.4. The maximum absolute atomic E-state index is 12.6.